The summed E-state index contributed by atoms with van der Waals surface area (Å²) in [5, 5.41) is 0. The van der Waals surface area contributed by atoms with Gasteiger partial charge in [-0.1, -0.05) is 0 Å². The molecule has 3 aromatic rings. The third-order valence-electron chi connectivity index (χ3n) is 9.30. The van der Waals surface area contributed by atoms with Crippen LogP contribution in [0, 0.1) is 11.8 Å². The van der Waals surface area contributed by atoms with E-state index in [0.717, 1.165) is 37.8 Å². The third kappa shape index (κ3) is 11.5. The standard InChI is InChI=1S/C36H41F9N4O3S/c1-4-48(19-24-5-7-25(8-6-24)21-51-22-50)32-10-9-28(34(37,38)39)15-27(32)20-49(33-46-17-31(18-47-33)52-11-12-53-3)23(2)26-13-29(35(40,41)42)16-30(14-26)36(43,44)45/h9-10,13-18,22-25H,4-8,11-12,19-21H2,1-3H3. The first-order valence-electron chi connectivity index (χ1n) is 16.9. The van der Waals surface area contributed by atoms with Crippen LogP contribution >= 0.6 is 11.8 Å². The third-order valence-corrected chi connectivity index (χ3v) is 9.88. The van der Waals surface area contributed by atoms with Crippen LogP contribution < -0.4 is 14.5 Å². The van der Waals surface area contributed by atoms with E-state index >= 15 is 0 Å². The zero-order chi connectivity index (χ0) is 39.0. The fraction of sp³-hybridized carbons (Fsp3) is 0.528. The van der Waals surface area contributed by atoms with Crippen LogP contribution in [0.25, 0.3) is 0 Å². The minimum atomic E-state index is -5.12. The highest BCUT2D eigenvalue weighted by atomic mass is 32.2. The van der Waals surface area contributed by atoms with Gasteiger partial charge in [0.1, 0.15) is 0 Å². The van der Waals surface area contributed by atoms with Crippen molar-refractivity contribution in [1.82, 2.24) is 9.97 Å². The van der Waals surface area contributed by atoms with E-state index in [9.17, 15) is 44.3 Å². The second-order valence-corrected chi connectivity index (χ2v) is 13.9. The van der Waals surface area contributed by atoms with Crippen LogP contribution in [0.2, 0.25) is 0 Å². The van der Waals surface area contributed by atoms with E-state index in [4.69, 9.17) is 9.47 Å². The van der Waals surface area contributed by atoms with Crippen molar-refractivity contribution < 1.29 is 53.8 Å². The van der Waals surface area contributed by atoms with Crippen LogP contribution in [0.1, 0.15) is 73.4 Å². The highest BCUT2D eigenvalue weighted by Gasteiger charge is 2.38. The lowest BCUT2D eigenvalue weighted by Gasteiger charge is -2.36. The minimum absolute atomic E-state index is 0.0185. The maximum Gasteiger partial charge on any atom is 0.416 e. The number of rotatable bonds is 16. The molecular weight excluding hydrogens is 739 g/mol. The summed E-state index contributed by atoms with van der Waals surface area (Å²) in [6.07, 6.45) is -7.37. The predicted octanol–water partition coefficient (Wildman–Crippen LogP) is 9.85. The van der Waals surface area contributed by atoms with E-state index in [-0.39, 0.29) is 35.2 Å². The number of ether oxygens (including phenoxy) is 2. The Morgan fingerprint density at radius 1 is 0.868 bits per heavy atom. The Balaban J connectivity index is 1.79. The van der Waals surface area contributed by atoms with Gasteiger partial charge < -0.3 is 19.3 Å². The van der Waals surface area contributed by atoms with Gasteiger partial charge in [-0.15, -0.1) is 0 Å². The fourth-order valence-corrected chi connectivity index (χ4v) is 6.65. The Morgan fingerprint density at radius 2 is 1.45 bits per heavy atom. The van der Waals surface area contributed by atoms with Gasteiger partial charge in [-0.25, -0.2) is 9.97 Å². The molecule has 4 rings (SSSR count). The van der Waals surface area contributed by atoms with Crippen molar-refractivity contribution in [3.8, 4) is 5.75 Å². The quantitative estimate of drug-likeness (QED) is 0.0809. The van der Waals surface area contributed by atoms with Gasteiger partial charge in [-0.2, -0.15) is 51.3 Å². The predicted molar refractivity (Wildman–Crippen MR) is 184 cm³/mol. The molecule has 0 saturated heterocycles. The highest BCUT2D eigenvalue weighted by molar-refractivity contribution is 7.98. The zero-order valence-corrected chi connectivity index (χ0v) is 30.1. The number of hydrogen-bond donors (Lipinski definition) is 0. The normalized spacial score (nSPS) is 17.3. The fourth-order valence-electron chi connectivity index (χ4n) is 6.40. The van der Waals surface area contributed by atoms with Crippen molar-refractivity contribution in [1.29, 1.82) is 0 Å². The molecule has 1 heterocycles. The molecule has 7 nitrogen and oxygen atoms in total. The van der Waals surface area contributed by atoms with Crippen LogP contribution in [0.15, 0.2) is 48.8 Å². The van der Waals surface area contributed by atoms with Gasteiger partial charge in [-0.3, -0.25) is 4.79 Å². The summed E-state index contributed by atoms with van der Waals surface area (Å²) < 4.78 is 136. The number of anilines is 2. The molecule has 1 unspecified atom stereocenters. The molecule has 2 aromatic carbocycles. The number of aromatic nitrogens is 2. The molecule has 292 valence electrons. The van der Waals surface area contributed by atoms with Gasteiger partial charge in [0.15, 0.2) is 5.75 Å². The molecule has 0 radical (unpaired) electrons. The van der Waals surface area contributed by atoms with Crippen LogP contribution in [0.5, 0.6) is 5.75 Å². The molecule has 1 aromatic heterocycles. The van der Waals surface area contributed by atoms with Gasteiger partial charge >= 0.3 is 18.5 Å². The summed E-state index contributed by atoms with van der Waals surface area (Å²) in [5.41, 5.74) is -3.90. The highest BCUT2D eigenvalue weighted by Crippen LogP contribution is 2.41. The minimum Gasteiger partial charge on any atom is -0.489 e. The summed E-state index contributed by atoms with van der Waals surface area (Å²) in [5.74, 6) is 1.12. The summed E-state index contributed by atoms with van der Waals surface area (Å²) in [6.45, 7) is 4.68. The molecule has 0 bridgehead atoms. The van der Waals surface area contributed by atoms with Crippen molar-refractivity contribution in [2.45, 2.75) is 70.6 Å². The summed E-state index contributed by atoms with van der Waals surface area (Å²) in [6, 6.07) is 3.14. The Bertz CT molecular complexity index is 1600. The Morgan fingerprint density at radius 3 is 1.98 bits per heavy atom. The van der Waals surface area contributed by atoms with Crippen molar-refractivity contribution in [3.63, 3.8) is 0 Å². The maximum absolute atomic E-state index is 14.1. The number of halogens is 9. The molecule has 1 aliphatic carbocycles. The van der Waals surface area contributed by atoms with Crippen LogP contribution in [-0.2, 0) is 34.6 Å². The second-order valence-electron chi connectivity index (χ2n) is 12.9. The Labute approximate surface area is 306 Å². The SMILES string of the molecule is CCN(CC1CCC(COC=O)CC1)c1ccc(C(F)(F)F)cc1CN(c1ncc(OCCSC)cn1)C(C)c1cc(C(F)(F)F)cc(C(F)(F)F)c1. The lowest BCUT2D eigenvalue weighted by molar-refractivity contribution is -0.143. The molecule has 1 atom stereocenters. The smallest absolute Gasteiger partial charge is 0.416 e. The van der Waals surface area contributed by atoms with Gasteiger partial charge in [0.05, 0.1) is 48.3 Å². The average molecular weight is 781 g/mol. The number of hydrogen-bond acceptors (Lipinski definition) is 8. The van der Waals surface area contributed by atoms with E-state index in [2.05, 4.69) is 9.97 Å². The topological polar surface area (TPSA) is 67.8 Å². The molecule has 0 N–H and O–H groups in total. The van der Waals surface area contributed by atoms with E-state index in [1.54, 1.807) is 0 Å². The molecule has 53 heavy (non-hydrogen) atoms. The Kier molecular flexibility index (Phi) is 14.2. The van der Waals surface area contributed by atoms with Crippen molar-refractivity contribution in [2.24, 2.45) is 11.8 Å². The Hall–Kier alpha value is -3.89. The van der Waals surface area contributed by atoms with Crippen LogP contribution in [-0.4, -0.2) is 54.8 Å². The molecule has 1 aliphatic rings. The molecule has 1 saturated carbocycles. The van der Waals surface area contributed by atoms with Crippen molar-refractivity contribution in [2.75, 3.05) is 48.1 Å². The molecular formula is C36H41F9N4O3S. The molecule has 17 heteroatoms. The second kappa shape index (κ2) is 18.0. The average Bonchev–Trinajstić information content (AvgIpc) is 3.11. The van der Waals surface area contributed by atoms with Gasteiger partial charge in [0.25, 0.3) is 6.47 Å². The van der Waals surface area contributed by atoms with Crippen molar-refractivity contribution >= 4 is 29.9 Å². The van der Waals surface area contributed by atoms with E-state index in [0.29, 0.717) is 56.3 Å². The monoisotopic (exact) mass is 780 g/mol. The lowest BCUT2D eigenvalue weighted by Crippen LogP contribution is -2.34. The summed E-state index contributed by atoms with van der Waals surface area (Å²) in [4.78, 5) is 22.4. The molecule has 0 amide bonds. The first-order valence-corrected chi connectivity index (χ1v) is 18.3. The number of carbonyl (C=O) groups is 1. The molecule has 1 fully saturated rings. The molecule has 0 aliphatic heterocycles. The lowest BCUT2D eigenvalue weighted by atomic mass is 9.82. The number of nitrogens with zero attached hydrogens (tertiary/aromatic N) is 4. The number of alkyl halides is 9. The number of thioether (sulfide) groups is 1. The largest absolute Gasteiger partial charge is 0.489 e. The van der Waals surface area contributed by atoms with Gasteiger partial charge in [0.2, 0.25) is 5.95 Å². The van der Waals surface area contributed by atoms with Crippen molar-refractivity contribution in [3.05, 3.63) is 76.6 Å². The van der Waals surface area contributed by atoms with Crippen LogP contribution in [0.4, 0.5) is 51.1 Å². The maximum atomic E-state index is 14.1. The van der Waals surface area contributed by atoms with Crippen LogP contribution in [0.3, 0.4) is 0 Å². The van der Waals surface area contributed by atoms with Gasteiger partial charge in [-0.05, 0) is 105 Å². The van der Waals surface area contributed by atoms with E-state index in [1.807, 2.05) is 18.1 Å². The van der Waals surface area contributed by atoms with E-state index in [1.165, 1.54) is 42.0 Å². The van der Waals surface area contributed by atoms with E-state index < -0.39 is 53.4 Å². The summed E-state index contributed by atoms with van der Waals surface area (Å²) >= 11 is 1.52. The zero-order valence-electron chi connectivity index (χ0n) is 29.3. The first kappa shape index (κ1) is 41.9. The first-order chi connectivity index (χ1) is 24.9. The molecule has 0 spiro atoms. The number of carbonyl (C=O) groups excluding carboxylic acids is 1. The number of benzene rings is 2. The van der Waals surface area contributed by atoms with Gasteiger partial charge in [0, 0.05) is 31.1 Å². The summed E-state index contributed by atoms with van der Waals surface area (Å²) in [7, 11) is 0.